The lowest BCUT2D eigenvalue weighted by atomic mass is 10.1. The number of nitrogens with one attached hydrogen (secondary N) is 2. The van der Waals surface area contributed by atoms with Crippen LogP contribution in [0.2, 0.25) is 0 Å². The monoisotopic (exact) mass is 387 g/mol. The molecule has 0 aromatic heterocycles. The predicted octanol–water partition coefficient (Wildman–Crippen LogP) is 1.14. The zero-order chi connectivity index (χ0) is 19.8. The van der Waals surface area contributed by atoms with Crippen molar-refractivity contribution in [2.45, 2.75) is 11.8 Å². The number of hydrogen-bond donors (Lipinski definition) is 2. The van der Waals surface area contributed by atoms with Gasteiger partial charge in [0.25, 0.3) is 11.8 Å². The third kappa shape index (κ3) is 3.46. The Labute approximate surface area is 156 Å². The molecule has 8 nitrogen and oxygen atoms in total. The quantitative estimate of drug-likeness (QED) is 0.747. The molecule has 0 aliphatic carbocycles. The second-order valence-electron chi connectivity index (χ2n) is 5.98. The van der Waals surface area contributed by atoms with E-state index in [0.717, 1.165) is 4.90 Å². The topological polar surface area (TPSA) is 113 Å². The van der Waals surface area contributed by atoms with Crippen LogP contribution in [0.5, 0.6) is 0 Å². The summed E-state index contributed by atoms with van der Waals surface area (Å²) in [6.07, 6.45) is 0. The first-order valence-electron chi connectivity index (χ1n) is 8.04. The number of sulfonamides is 1. The van der Waals surface area contributed by atoms with Crippen LogP contribution in [0.15, 0.2) is 47.4 Å². The van der Waals surface area contributed by atoms with E-state index in [1.54, 1.807) is 31.2 Å². The molecule has 1 aliphatic rings. The molecular weight excluding hydrogens is 370 g/mol. The van der Waals surface area contributed by atoms with Crippen LogP contribution in [-0.4, -0.2) is 44.6 Å². The lowest BCUT2D eigenvalue weighted by Crippen LogP contribution is -2.37. The fourth-order valence-electron chi connectivity index (χ4n) is 2.80. The van der Waals surface area contributed by atoms with E-state index in [0.29, 0.717) is 5.56 Å². The summed E-state index contributed by atoms with van der Waals surface area (Å²) in [7, 11) is -2.39. The number of fused-ring (bicyclic) bond motifs is 1. The van der Waals surface area contributed by atoms with Gasteiger partial charge in [-0.2, -0.15) is 0 Å². The number of hydrogen-bond acceptors (Lipinski definition) is 5. The summed E-state index contributed by atoms with van der Waals surface area (Å²) in [5, 5.41) is 2.52. The highest BCUT2D eigenvalue weighted by Gasteiger charge is 2.36. The number of imide groups is 1. The highest BCUT2D eigenvalue weighted by Crippen LogP contribution is 2.23. The van der Waals surface area contributed by atoms with E-state index in [-0.39, 0.29) is 21.7 Å². The van der Waals surface area contributed by atoms with Crippen LogP contribution >= 0.6 is 0 Å². The average Bonchev–Trinajstić information content (AvgIpc) is 2.88. The van der Waals surface area contributed by atoms with E-state index in [1.165, 1.54) is 25.2 Å². The number of aryl methyl sites for hydroxylation is 1. The molecule has 0 saturated heterocycles. The van der Waals surface area contributed by atoms with E-state index in [4.69, 9.17) is 0 Å². The molecule has 3 rings (SSSR count). The van der Waals surface area contributed by atoms with Crippen LogP contribution in [-0.2, 0) is 14.8 Å². The molecule has 27 heavy (non-hydrogen) atoms. The molecule has 2 aromatic carbocycles. The first-order valence-corrected chi connectivity index (χ1v) is 9.52. The van der Waals surface area contributed by atoms with Crippen LogP contribution < -0.4 is 10.0 Å². The largest absolute Gasteiger partial charge is 0.324 e. The summed E-state index contributed by atoms with van der Waals surface area (Å²) in [5.74, 6) is -1.68. The molecule has 3 amide bonds. The minimum absolute atomic E-state index is 0.0310. The Balaban J connectivity index is 1.77. The molecule has 9 heteroatoms. The van der Waals surface area contributed by atoms with Gasteiger partial charge in [0.05, 0.1) is 16.0 Å². The maximum atomic E-state index is 12.3. The highest BCUT2D eigenvalue weighted by atomic mass is 32.2. The van der Waals surface area contributed by atoms with Gasteiger partial charge >= 0.3 is 0 Å². The molecule has 2 N–H and O–H groups in total. The van der Waals surface area contributed by atoms with E-state index in [9.17, 15) is 22.8 Å². The van der Waals surface area contributed by atoms with Crippen molar-refractivity contribution in [3.05, 3.63) is 59.2 Å². The molecule has 1 aliphatic heterocycles. The minimum atomic E-state index is -3.68. The van der Waals surface area contributed by atoms with Gasteiger partial charge in [-0.15, -0.1) is 0 Å². The molecular formula is C18H17N3O5S. The molecule has 0 unspecified atom stereocenters. The van der Waals surface area contributed by atoms with Crippen molar-refractivity contribution in [1.29, 1.82) is 0 Å². The van der Waals surface area contributed by atoms with Crippen molar-refractivity contribution >= 4 is 33.4 Å². The van der Waals surface area contributed by atoms with Crippen molar-refractivity contribution < 1.29 is 22.8 Å². The standard InChI is InChI=1S/C18H17N3O5S/c1-11-7-8-12(9-15(11)27(25,26)19-2)20-16(22)10-21-17(23)13-5-3-4-6-14(13)18(21)24/h3-9,19H,10H2,1-2H3,(H,20,22). The van der Waals surface area contributed by atoms with Crippen LogP contribution in [0.25, 0.3) is 0 Å². The zero-order valence-corrected chi connectivity index (χ0v) is 15.5. The number of anilines is 1. The fraction of sp³-hybridized carbons (Fsp3) is 0.167. The van der Waals surface area contributed by atoms with Gasteiger partial charge in [0.15, 0.2) is 0 Å². The van der Waals surface area contributed by atoms with Crippen molar-refractivity contribution in [1.82, 2.24) is 9.62 Å². The second-order valence-corrected chi connectivity index (χ2v) is 7.83. The smallest absolute Gasteiger partial charge is 0.262 e. The van der Waals surface area contributed by atoms with E-state index in [2.05, 4.69) is 10.0 Å². The summed E-state index contributed by atoms with van der Waals surface area (Å²) < 4.78 is 26.3. The third-order valence-electron chi connectivity index (χ3n) is 4.21. The summed E-state index contributed by atoms with van der Waals surface area (Å²) in [5.41, 5.74) is 1.28. The SMILES string of the molecule is CNS(=O)(=O)c1cc(NC(=O)CN2C(=O)c3ccccc3C2=O)ccc1C. The minimum Gasteiger partial charge on any atom is -0.324 e. The number of amides is 3. The Morgan fingerprint density at radius 2 is 1.63 bits per heavy atom. The molecule has 0 saturated carbocycles. The van der Waals surface area contributed by atoms with E-state index < -0.39 is 34.3 Å². The molecule has 0 bridgehead atoms. The second kappa shape index (κ2) is 6.93. The van der Waals surface area contributed by atoms with Crippen molar-refractivity contribution in [2.24, 2.45) is 0 Å². The Kier molecular flexibility index (Phi) is 4.81. The highest BCUT2D eigenvalue weighted by molar-refractivity contribution is 7.89. The summed E-state index contributed by atoms with van der Waals surface area (Å²) in [6.45, 7) is 1.17. The van der Waals surface area contributed by atoms with Crippen molar-refractivity contribution in [3.63, 3.8) is 0 Å². The molecule has 1 heterocycles. The van der Waals surface area contributed by atoms with Gasteiger partial charge in [-0.3, -0.25) is 19.3 Å². The van der Waals surface area contributed by atoms with Crippen LogP contribution in [0.3, 0.4) is 0 Å². The van der Waals surface area contributed by atoms with Crippen molar-refractivity contribution in [3.8, 4) is 0 Å². The van der Waals surface area contributed by atoms with Gasteiger partial charge < -0.3 is 5.32 Å². The number of carbonyl (C=O) groups excluding carboxylic acids is 3. The molecule has 0 radical (unpaired) electrons. The molecule has 0 fully saturated rings. The van der Waals surface area contributed by atoms with E-state index in [1.807, 2.05) is 0 Å². The lowest BCUT2D eigenvalue weighted by Gasteiger charge is -2.14. The van der Waals surface area contributed by atoms with Crippen LogP contribution in [0.4, 0.5) is 5.69 Å². The molecule has 0 spiro atoms. The summed E-state index contributed by atoms with van der Waals surface area (Å²) in [4.78, 5) is 37.8. The zero-order valence-electron chi connectivity index (χ0n) is 14.6. The lowest BCUT2D eigenvalue weighted by molar-refractivity contribution is -0.116. The first-order chi connectivity index (χ1) is 12.7. The van der Waals surface area contributed by atoms with Crippen LogP contribution in [0, 0.1) is 6.92 Å². The van der Waals surface area contributed by atoms with Gasteiger partial charge in [-0.25, -0.2) is 13.1 Å². The summed E-state index contributed by atoms with van der Waals surface area (Å²) >= 11 is 0. The number of benzene rings is 2. The van der Waals surface area contributed by atoms with Gasteiger partial charge in [0.2, 0.25) is 15.9 Å². The van der Waals surface area contributed by atoms with Crippen molar-refractivity contribution in [2.75, 3.05) is 18.9 Å². The first kappa shape index (κ1) is 18.7. The van der Waals surface area contributed by atoms with Gasteiger partial charge in [-0.1, -0.05) is 18.2 Å². The molecule has 140 valence electrons. The molecule has 0 atom stereocenters. The van der Waals surface area contributed by atoms with Crippen LogP contribution in [0.1, 0.15) is 26.3 Å². The summed E-state index contributed by atoms with van der Waals surface area (Å²) in [6, 6.07) is 10.8. The Bertz CT molecular complexity index is 1030. The van der Waals surface area contributed by atoms with Gasteiger partial charge in [0.1, 0.15) is 6.54 Å². The van der Waals surface area contributed by atoms with Gasteiger partial charge in [-0.05, 0) is 43.8 Å². The Morgan fingerprint density at radius 3 is 2.19 bits per heavy atom. The average molecular weight is 387 g/mol. The Hall–Kier alpha value is -3.04. The maximum Gasteiger partial charge on any atom is 0.262 e. The predicted molar refractivity (Wildman–Crippen MR) is 97.9 cm³/mol. The molecule has 2 aromatic rings. The third-order valence-corrected chi connectivity index (χ3v) is 5.77. The van der Waals surface area contributed by atoms with Gasteiger partial charge in [0, 0.05) is 5.69 Å². The number of rotatable bonds is 5. The Morgan fingerprint density at radius 1 is 1.04 bits per heavy atom. The fourth-order valence-corrected chi connectivity index (χ4v) is 3.80. The van der Waals surface area contributed by atoms with E-state index >= 15 is 0 Å². The normalized spacial score (nSPS) is 13.6. The number of nitrogens with zero attached hydrogens (tertiary/aromatic N) is 1. The number of carbonyl (C=O) groups is 3. The maximum absolute atomic E-state index is 12.3.